The highest BCUT2D eigenvalue weighted by Gasteiger charge is 2.14. The van der Waals surface area contributed by atoms with Gasteiger partial charge in [-0.25, -0.2) is 15.0 Å². The van der Waals surface area contributed by atoms with Crippen molar-refractivity contribution in [2.75, 3.05) is 11.9 Å². The van der Waals surface area contributed by atoms with Gasteiger partial charge < -0.3 is 9.73 Å². The number of oxazole rings is 1. The molecule has 5 nitrogen and oxygen atoms in total. The van der Waals surface area contributed by atoms with Gasteiger partial charge in [0.05, 0.1) is 5.69 Å². The summed E-state index contributed by atoms with van der Waals surface area (Å²) in [5.74, 6) is 0.908. The topological polar surface area (TPSA) is 63.8 Å². The Kier molecular flexibility index (Phi) is 4.79. The maximum atomic E-state index is 5.37. The van der Waals surface area contributed by atoms with Crippen molar-refractivity contribution in [2.24, 2.45) is 0 Å². The van der Waals surface area contributed by atoms with Gasteiger partial charge in [-0.1, -0.05) is 13.3 Å². The molecule has 0 aromatic carbocycles. The van der Waals surface area contributed by atoms with Crippen molar-refractivity contribution in [3.05, 3.63) is 23.8 Å². The summed E-state index contributed by atoms with van der Waals surface area (Å²) in [6, 6.07) is 0. The molecule has 2 rings (SSSR count). The summed E-state index contributed by atoms with van der Waals surface area (Å²) in [4.78, 5) is 13.0. The van der Waals surface area contributed by atoms with Crippen LogP contribution >= 0.6 is 11.8 Å². The van der Waals surface area contributed by atoms with Crippen LogP contribution in [-0.2, 0) is 6.42 Å². The van der Waals surface area contributed by atoms with Crippen LogP contribution in [-0.4, -0.2) is 21.5 Å². The molecule has 0 amide bonds. The van der Waals surface area contributed by atoms with Crippen molar-refractivity contribution in [1.82, 2.24) is 15.0 Å². The summed E-state index contributed by atoms with van der Waals surface area (Å²) < 4.78 is 5.37. The zero-order chi connectivity index (χ0) is 13.7. The van der Waals surface area contributed by atoms with Gasteiger partial charge in [0.2, 0.25) is 0 Å². The second kappa shape index (κ2) is 6.56. The van der Waals surface area contributed by atoms with E-state index in [1.54, 1.807) is 12.6 Å². The average molecular weight is 278 g/mol. The summed E-state index contributed by atoms with van der Waals surface area (Å²) >= 11 is 1.45. The number of nitrogens with one attached hydrogen (secondary N) is 1. The Hall–Kier alpha value is -1.56. The van der Waals surface area contributed by atoms with Crippen LogP contribution in [0, 0.1) is 6.92 Å². The summed E-state index contributed by atoms with van der Waals surface area (Å²) in [6.45, 7) is 6.95. The largest absolute Gasteiger partial charge is 0.439 e. The zero-order valence-electron chi connectivity index (χ0n) is 11.4. The van der Waals surface area contributed by atoms with Gasteiger partial charge in [-0.15, -0.1) is 0 Å². The molecule has 0 aliphatic heterocycles. The highest BCUT2D eigenvalue weighted by atomic mass is 32.2. The van der Waals surface area contributed by atoms with Crippen molar-refractivity contribution in [1.29, 1.82) is 0 Å². The summed E-state index contributed by atoms with van der Waals surface area (Å²) in [5, 5.41) is 4.81. The molecule has 1 N–H and O–H groups in total. The van der Waals surface area contributed by atoms with E-state index in [9.17, 15) is 0 Å². The molecule has 19 heavy (non-hydrogen) atoms. The van der Waals surface area contributed by atoms with Crippen LogP contribution in [0.25, 0.3) is 0 Å². The molecule has 0 spiro atoms. The monoisotopic (exact) mass is 278 g/mol. The standard InChI is InChI=1S/C13H18N4OS/c1-4-6-10-11(14-5-2)15-8-16-12(10)19-13-17-9(3)7-18-13/h7-8H,4-6H2,1-3H3,(H,14,15,16). The van der Waals surface area contributed by atoms with Gasteiger partial charge in [-0.05, 0) is 32.0 Å². The van der Waals surface area contributed by atoms with Gasteiger partial charge in [0, 0.05) is 12.1 Å². The van der Waals surface area contributed by atoms with Gasteiger partial charge in [-0.3, -0.25) is 0 Å². The normalized spacial score (nSPS) is 10.7. The first kappa shape index (κ1) is 13.9. The van der Waals surface area contributed by atoms with Crippen LogP contribution in [0.5, 0.6) is 0 Å². The van der Waals surface area contributed by atoms with Crippen LogP contribution in [0.2, 0.25) is 0 Å². The van der Waals surface area contributed by atoms with E-state index in [0.29, 0.717) is 5.22 Å². The summed E-state index contributed by atoms with van der Waals surface area (Å²) in [6.07, 6.45) is 5.21. The Morgan fingerprint density at radius 3 is 2.79 bits per heavy atom. The van der Waals surface area contributed by atoms with E-state index in [4.69, 9.17) is 4.42 Å². The Bertz CT molecular complexity index is 541. The first-order valence-corrected chi connectivity index (χ1v) is 7.24. The molecule has 0 fully saturated rings. The second-order valence-electron chi connectivity index (χ2n) is 4.14. The molecule has 102 valence electrons. The fraction of sp³-hybridized carbons (Fsp3) is 0.462. The third-order valence-corrected chi connectivity index (χ3v) is 3.44. The van der Waals surface area contributed by atoms with Gasteiger partial charge >= 0.3 is 0 Å². The fourth-order valence-electron chi connectivity index (χ4n) is 1.74. The van der Waals surface area contributed by atoms with Crippen molar-refractivity contribution in [3.63, 3.8) is 0 Å². The lowest BCUT2D eigenvalue weighted by molar-refractivity contribution is 0.453. The molecular formula is C13H18N4OS. The molecule has 0 saturated carbocycles. The van der Waals surface area contributed by atoms with Crippen molar-refractivity contribution in [3.8, 4) is 0 Å². The maximum Gasteiger partial charge on any atom is 0.262 e. The molecule has 2 aromatic rings. The quantitative estimate of drug-likeness (QED) is 0.818. The van der Waals surface area contributed by atoms with Gasteiger partial charge in [0.25, 0.3) is 5.22 Å². The van der Waals surface area contributed by atoms with Crippen LogP contribution in [0.4, 0.5) is 5.82 Å². The minimum atomic E-state index is 0.621. The smallest absolute Gasteiger partial charge is 0.262 e. The number of aryl methyl sites for hydroxylation is 1. The molecule has 0 radical (unpaired) electrons. The van der Waals surface area contributed by atoms with E-state index in [0.717, 1.165) is 41.5 Å². The Balaban J connectivity index is 2.29. The lowest BCUT2D eigenvalue weighted by atomic mass is 10.2. The van der Waals surface area contributed by atoms with Crippen molar-refractivity contribution in [2.45, 2.75) is 43.9 Å². The molecule has 0 atom stereocenters. The second-order valence-corrected chi connectivity index (χ2v) is 5.08. The minimum absolute atomic E-state index is 0.621. The van der Waals surface area contributed by atoms with E-state index in [2.05, 4.69) is 34.1 Å². The molecule has 2 heterocycles. The van der Waals surface area contributed by atoms with Crippen molar-refractivity contribution >= 4 is 17.6 Å². The number of hydrogen-bond acceptors (Lipinski definition) is 6. The molecule has 2 aromatic heterocycles. The van der Waals surface area contributed by atoms with E-state index in [1.165, 1.54) is 11.8 Å². The highest BCUT2D eigenvalue weighted by molar-refractivity contribution is 7.99. The minimum Gasteiger partial charge on any atom is -0.439 e. The Morgan fingerprint density at radius 1 is 1.32 bits per heavy atom. The molecule has 0 unspecified atom stereocenters. The maximum absolute atomic E-state index is 5.37. The fourth-order valence-corrected chi connectivity index (χ4v) is 2.61. The number of rotatable bonds is 6. The Labute approximate surface area is 117 Å². The van der Waals surface area contributed by atoms with Gasteiger partial charge in [0.15, 0.2) is 0 Å². The predicted molar refractivity (Wildman–Crippen MR) is 75.6 cm³/mol. The number of anilines is 1. The number of aromatic nitrogens is 3. The van der Waals surface area contributed by atoms with Gasteiger partial charge in [-0.2, -0.15) is 0 Å². The molecule has 6 heteroatoms. The summed E-state index contributed by atoms with van der Waals surface area (Å²) in [7, 11) is 0. The van der Waals surface area contributed by atoms with E-state index in [-0.39, 0.29) is 0 Å². The lowest BCUT2D eigenvalue weighted by Crippen LogP contribution is -2.06. The average Bonchev–Trinajstić information content (AvgIpc) is 2.79. The van der Waals surface area contributed by atoms with E-state index >= 15 is 0 Å². The number of hydrogen-bond donors (Lipinski definition) is 1. The first-order chi connectivity index (χ1) is 9.24. The molecule has 0 aliphatic carbocycles. The van der Waals surface area contributed by atoms with Gasteiger partial charge in [0.1, 0.15) is 23.4 Å². The third kappa shape index (κ3) is 3.47. The molecular weight excluding hydrogens is 260 g/mol. The lowest BCUT2D eigenvalue weighted by Gasteiger charge is -2.11. The van der Waals surface area contributed by atoms with Crippen molar-refractivity contribution < 1.29 is 4.42 Å². The van der Waals surface area contributed by atoms with E-state index < -0.39 is 0 Å². The summed E-state index contributed by atoms with van der Waals surface area (Å²) in [5.41, 5.74) is 2.01. The molecule has 0 saturated heterocycles. The van der Waals surface area contributed by atoms with Crippen LogP contribution in [0.1, 0.15) is 31.5 Å². The third-order valence-electron chi connectivity index (χ3n) is 2.53. The first-order valence-electron chi connectivity index (χ1n) is 6.42. The van der Waals surface area contributed by atoms with Crippen LogP contribution < -0.4 is 5.32 Å². The Morgan fingerprint density at radius 2 is 2.16 bits per heavy atom. The molecule has 0 aliphatic rings. The van der Waals surface area contributed by atoms with Crippen LogP contribution in [0.3, 0.4) is 0 Å². The SMILES string of the molecule is CCCc1c(NCC)ncnc1Sc1nc(C)co1. The predicted octanol–water partition coefficient (Wildman–Crippen LogP) is 3.31. The highest BCUT2D eigenvalue weighted by Crippen LogP contribution is 2.31. The zero-order valence-corrected chi connectivity index (χ0v) is 12.3. The van der Waals surface area contributed by atoms with E-state index in [1.807, 2.05) is 6.92 Å². The van der Waals surface area contributed by atoms with Crippen LogP contribution in [0.15, 0.2) is 27.3 Å². The molecule has 0 bridgehead atoms. The number of nitrogens with zero attached hydrogens (tertiary/aromatic N) is 3.